The summed E-state index contributed by atoms with van der Waals surface area (Å²) in [6.45, 7) is 0.151. The summed E-state index contributed by atoms with van der Waals surface area (Å²) in [4.78, 5) is 19.7. The van der Waals surface area contributed by atoms with Gasteiger partial charge in [-0.15, -0.1) is 0 Å². The van der Waals surface area contributed by atoms with E-state index in [1.54, 1.807) is 12.0 Å². The highest BCUT2D eigenvalue weighted by atomic mass is 32.2. The van der Waals surface area contributed by atoms with Crippen LogP contribution in [0.15, 0.2) is 36.4 Å². The first-order valence-electron chi connectivity index (χ1n) is 12.5. The van der Waals surface area contributed by atoms with Gasteiger partial charge in [0, 0.05) is 37.9 Å². The normalized spacial score (nSPS) is 22.8. The summed E-state index contributed by atoms with van der Waals surface area (Å²) in [5.74, 6) is -1.43. The number of piperidine rings is 1. The van der Waals surface area contributed by atoms with E-state index in [2.05, 4.69) is 9.29 Å². The quantitative estimate of drug-likeness (QED) is 0.442. The summed E-state index contributed by atoms with van der Waals surface area (Å²) in [6.07, 6.45) is 5.37. The fourth-order valence-corrected chi connectivity index (χ4v) is 5.97. The number of methoxy groups -OCH3 is 1. The molecule has 3 aromatic rings. The molecule has 0 spiro atoms. The van der Waals surface area contributed by atoms with Crippen molar-refractivity contribution in [1.29, 1.82) is 0 Å². The maximum absolute atomic E-state index is 14.2. The van der Waals surface area contributed by atoms with Crippen molar-refractivity contribution < 1.29 is 26.7 Å². The summed E-state index contributed by atoms with van der Waals surface area (Å²) in [6, 6.07) is 8.89. The lowest BCUT2D eigenvalue weighted by atomic mass is 9.91. The van der Waals surface area contributed by atoms with Gasteiger partial charge in [0.15, 0.2) is 11.6 Å². The maximum atomic E-state index is 14.2. The Labute approximate surface area is 215 Å². The lowest BCUT2D eigenvalue weighted by Gasteiger charge is -2.37. The van der Waals surface area contributed by atoms with Crippen LogP contribution in [0.2, 0.25) is 0 Å². The van der Waals surface area contributed by atoms with Crippen molar-refractivity contribution in [3.8, 4) is 0 Å². The summed E-state index contributed by atoms with van der Waals surface area (Å²) >= 11 is 0. The Morgan fingerprint density at radius 2 is 1.84 bits per heavy atom. The van der Waals surface area contributed by atoms with Gasteiger partial charge < -0.3 is 14.2 Å². The van der Waals surface area contributed by atoms with Crippen LogP contribution in [0, 0.1) is 11.6 Å². The number of anilines is 1. The lowest BCUT2D eigenvalue weighted by molar-refractivity contribution is -0.120. The molecule has 1 aromatic heterocycles. The molecule has 1 aliphatic carbocycles. The number of thiol groups is 1. The van der Waals surface area contributed by atoms with Crippen LogP contribution in [-0.4, -0.2) is 37.1 Å². The van der Waals surface area contributed by atoms with Gasteiger partial charge in [0.25, 0.3) is 0 Å². The van der Waals surface area contributed by atoms with Crippen molar-refractivity contribution in [2.75, 3.05) is 12.0 Å². The first-order chi connectivity index (χ1) is 17.9. The molecule has 5 rings (SSSR count). The van der Waals surface area contributed by atoms with Crippen LogP contribution in [0.5, 0.6) is 0 Å². The van der Waals surface area contributed by atoms with Gasteiger partial charge in [-0.05, 0) is 68.4 Å². The SMILES string of the molecule is CO[C@H]1CC[C@H](n2c([C@@H]3CCCC(=O)N3c3ccc(F)c(F)c3)nc3cc(CN[SH](=O)=O)ccc32)CC1. The van der Waals surface area contributed by atoms with Crippen LogP contribution in [0.25, 0.3) is 11.0 Å². The smallest absolute Gasteiger partial charge is 0.227 e. The fourth-order valence-electron chi connectivity index (χ4n) is 5.66. The van der Waals surface area contributed by atoms with Gasteiger partial charge in [0.2, 0.25) is 16.8 Å². The van der Waals surface area contributed by atoms with Gasteiger partial charge in [0.05, 0.1) is 23.2 Å². The predicted octanol–water partition coefficient (Wildman–Crippen LogP) is 4.32. The van der Waals surface area contributed by atoms with Crippen molar-refractivity contribution in [3.63, 3.8) is 0 Å². The lowest BCUT2D eigenvalue weighted by Crippen LogP contribution is -2.40. The zero-order chi connectivity index (χ0) is 26.1. The number of fused-ring (bicyclic) bond motifs is 1. The number of carbonyl (C=O) groups is 1. The Morgan fingerprint density at radius 3 is 2.54 bits per heavy atom. The fraction of sp³-hybridized carbons (Fsp3) is 0.462. The van der Waals surface area contributed by atoms with Gasteiger partial charge >= 0.3 is 0 Å². The third kappa shape index (κ3) is 5.25. The molecular weight excluding hydrogens is 502 g/mol. The molecule has 1 aliphatic heterocycles. The second kappa shape index (κ2) is 10.8. The highest BCUT2D eigenvalue weighted by Gasteiger charge is 2.36. The van der Waals surface area contributed by atoms with Crippen molar-refractivity contribution in [2.24, 2.45) is 0 Å². The van der Waals surface area contributed by atoms with Crippen LogP contribution < -0.4 is 9.62 Å². The zero-order valence-electron chi connectivity index (χ0n) is 20.5. The number of hydrogen-bond donors (Lipinski definition) is 2. The minimum atomic E-state index is -2.73. The number of ether oxygens (including phenoxy) is 1. The van der Waals surface area contributed by atoms with E-state index < -0.39 is 28.6 Å². The van der Waals surface area contributed by atoms with E-state index in [1.807, 2.05) is 18.2 Å². The van der Waals surface area contributed by atoms with E-state index in [-0.39, 0.29) is 24.6 Å². The van der Waals surface area contributed by atoms with E-state index in [0.717, 1.165) is 48.9 Å². The van der Waals surface area contributed by atoms with E-state index in [9.17, 15) is 22.0 Å². The monoisotopic (exact) mass is 532 g/mol. The Hall–Kier alpha value is -2.89. The maximum Gasteiger partial charge on any atom is 0.227 e. The van der Waals surface area contributed by atoms with Gasteiger partial charge in [0.1, 0.15) is 5.82 Å². The summed E-state index contributed by atoms with van der Waals surface area (Å²) in [5, 5.41) is 0. The second-order valence-electron chi connectivity index (χ2n) is 9.69. The molecule has 1 saturated heterocycles. The van der Waals surface area contributed by atoms with Crippen molar-refractivity contribution in [1.82, 2.24) is 14.3 Å². The highest BCUT2D eigenvalue weighted by Crippen LogP contribution is 2.41. The first kappa shape index (κ1) is 25.7. The summed E-state index contributed by atoms with van der Waals surface area (Å²) < 4.78 is 60.1. The number of benzene rings is 2. The molecule has 198 valence electrons. The Balaban J connectivity index is 1.61. The number of nitrogens with one attached hydrogen (secondary N) is 1. The van der Waals surface area contributed by atoms with Crippen LogP contribution in [-0.2, 0) is 27.0 Å². The van der Waals surface area contributed by atoms with E-state index >= 15 is 0 Å². The third-order valence-corrected chi connectivity index (χ3v) is 7.88. The largest absolute Gasteiger partial charge is 0.381 e. The molecule has 1 amide bonds. The molecule has 2 heterocycles. The molecule has 1 N–H and O–H groups in total. The van der Waals surface area contributed by atoms with E-state index in [0.29, 0.717) is 36.3 Å². The number of nitrogens with zero attached hydrogens (tertiary/aromatic N) is 3. The highest BCUT2D eigenvalue weighted by molar-refractivity contribution is 7.70. The minimum absolute atomic E-state index is 0.135. The van der Waals surface area contributed by atoms with E-state index in [1.165, 1.54) is 6.07 Å². The number of hydrogen-bond acceptors (Lipinski definition) is 5. The second-order valence-corrected chi connectivity index (χ2v) is 10.5. The molecule has 11 heteroatoms. The molecule has 2 aromatic carbocycles. The van der Waals surface area contributed by atoms with Gasteiger partial charge in [-0.2, -0.15) is 0 Å². The van der Waals surface area contributed by atoms with Crippen LogP contribution in [0.3, 0.4) is 0 Å². The third-order valence-electron chi connectivity index (χ3n) is 7.46. The minimum Gasteiger partial charge on any atom is -0.381 e. The number of aromatic nitrogens is 2. The molecule has 2 fully saturated rings. The molecule has 2 aliphatic rings. The van der Waals surface area contributed by atoms with Crippen molar-refractivity contribution >= 4 is 33.5 Å². The molecule has 0 unspecified atom stereocenters. The Kier molecular flexibility index (Phi) is 7.55. The number of halogens is 2. The van der Waals surface area contributed by atoms with Crippen molar-refractivity contribution in [2.45, 2.75) is 69.7 Å². The molecule has 8 nitrogen and oxygen atoms in total. The average molecular weight is 533 g/mol. The topological polar surface area (TPSA) is 93.5 Å². The Bertz CT molecular complexity index is 1380. The van der Waals surface area contributed by atoms with Crippen LogP contribution in [0.1, 0.15) is 68.4 Å². The number of carbonyl (C=O) groups excluding carboxylic acids is 1. The predicted molar refractivity (Wildman–Crippen MR) is 136 cm³/mol. The molecular formula is C26H30F2N4O4S. The molecule has 1 atom stereocenters. The zero-order valence-corrected chi connectivity index (χ0v) is 21.4. The van der Waals surface area contributed by atoms with Crippen molar-refractivity contribution in [3.05, 3.63) is 59.4 Å². The summed E-state index contributed by atoms with van der Waals surface area (Å²) in [7, 11) is -1.00. The molecule has 0 radical (unpaired) electrons. The van der Waals surface area contributed by atoms with Gasteiger partial charge in [-0.25, -0.2) is 26.9 Å². The average Bonchev–Trinajstić information content (AvgIpc) is 3.27. The summed E-state index contributed by atoms with van der Waals surface area (Å²) in [5.41, 5.74) is 2.67. The Morgan fingerprint density at radius 1 is 1.05 bits per heavy atom. The number of amides is 1. The van der Waals surface area contributed by atoms with Gasteiger partial charge in [-0.1, -0.05) is 6.07 Å². The molecule has 1 saturated carbocycles. The van der Waals surface area contributed by atoms with Gasteiger partial charge in [-0.3, -0.25) is 4.79 Å². The van der Waals surface area contributed by atoms with Crippen LogP contribution in [0.4, 0.5) is 14.5 Å². The number of imidazole rings is 1. The van der Waals surface area contributed by atoms with Crippen LogP contribution >= 0.6 is 0 Å². The first-order valence-corrected chi connectivity index (χ1v) is 13.7. The molecule has 0 bridgehead atoms. The number of rotatable bonds is 7. The molecule has 37 heavy (non-hydrogen) atoms. The standard InChI is InChI=1S/C26H30F2N4O4S/c1-36-19-9-6-17(7-10-19)32-23-12-5-16(15-29-37(34)35)13-22(23)30-26(32)24-3-2-4-25(33)31(24)18-8-11-20(27)21(28)14-18/h5,8,11-14,17,19,24,37H,2-4,6-7,9-10,15H2,1H3,(H,29,34,35)/t17-,19-,24-/m0/s1. The van der Waals surface area contributed by atoms with E-state index in [4.69, 9.17) is 9.72 Å².